The number of nitrogens with zero attached hydrogens (tertiary/aromatic N) is 2. The predicted molar refractivity (Wildman–Crippen MR) is 114 cm³/mol. The fourth-order valence-electron chi connectivity index (χ4n) is 2.67. The van der Waals surface area contributed by atoms with Gasteiger partial charge in [0.05, 0.1) is 22.2 Å². The van der Waals surface area contributed by atoms with Crippen LogP contribution in [0.5, 0.6) is 0 Å². The standard InChI is InChI=1S/C18H16N4OS.CH4O3S/c1-10(2)5-13-12(8-19)9-21-15-4-3-11(6-14(13)15)7-16-17(23)22-18(20)24-16;1-5(2,3)4/h3-4,6-7,9-10H,5H2,1-2H3,(H2,20,22,23);1H3,(H,2,3,4)/b16-7-;. The molecule has 0 radical (unpaired) electrons. The van der Waals surface area contributed by atoms with Crippen molar-refractivity contribution in [1.82, 2.24) is 10.3 Å². The van der Waals surface area contributed by atoms with E-state index < -0.39 is 10.1 Å². The number of nitrogens with one attached hydrogen (secondary N) is 2. The van der Waals surface area contributed by atoms with Crippen molar-refractivity contribution in [3.63, 3.8) is 0 Å². The maximum Gasteiger partial charge on any atom is 0.264 e. The third kappa shape index (κ3) is 6.67. The summed E-state index contributed by atoms with van der Waals surface area (Å²) in [5, 5.41) is 20.4. The SMILES string of the molecule is CC(C)Cc1c(C#N)cnc2ccc(/C=C3\SC(=N)NC3=O)cc12.CS(=O)(=O)O. The first-order chi connectivity index (χ1) is 13.5. The van der Waals surface area contributed by atoms with Gasteiger partial charge in [0, 0.05) is 11.6 Å². The second-order valence-electron chi connectivity index (χ2n) is 6.76. The molecule has 1 aliphatic rings. The summed E-state index contributed by atoms with van der Waals surface area (Å²) in [6.45, 7) is 4.23. The molecule has 1 fully saturated rings. The van der Waals surface area contributed by atoms with Gasteiger partial charge in [-0.05, 0) is 53.4 Å². The number of benzene rings is 1. The molecule has 1 aromatic heterocycles. The zero-order valence-electron chi connectivity index (χ0n) is 16.1. The van der Waals surface area contributed by atoms with Gasteiger partial charge in [0.25, 0.3) is 16.0 Å². The quantitative estimate of drug-likeness (QED) is 0.499. The van der Waals surface area contributed by atoms with Crippen molar-refractivity contribution < 1.29 is 17.8 Å². The molecule has 0 bridgehead atoms. The largest absolute Gasteiger partial charge is 0.301 e. The lowest BCUT2D eigenvalue weighted by atomic mass is 9.94. The molecular weight excluding hydrogens is 412 g/mol. The fraction of sp³-hybridized carbons (Fsp3) is 0.263. The number of thioether (sulfide) groups is 1. The van der Waals surface area contributed by atoms with E-state index in [9.17, 15) is 18.5 Å². The number of hydrogen-bond donors (Lipinski definition) is 3. The number of amides is 1. The Hall–Kier alpha value is -2.74. The van der Waals surface area contributed by atoms with Gasteiger partial charge in [0.1, 0.15) is 6.07 Å². The highest BCUT2D eigenvalue weighted by Crippen LogP contribution is 2.28. The number of nitriles is 1. The molecule has 3 N–H and O–H groups in total. The molecule has 0 spiro atoms. The minimum atomic E-state index is -3.67. The highest BCUT2D eigenvalue weighted by Gasteiger charge is 2.22. The van der Waals surface area contributed by atoms with E-state index in [1.807, 2.05) is 18.2 Å². The third-order valence-corrected chi connectivity index (χ3v) is 4.53. The second kappa shape index (κ2) is 9.17. The summed E-state index contributed by atoms with van der Waals surface area (Å²) in [6.07, 6.45) is 4.90. The van der Waals surface area contributed by atoms with Crippen LogP contribution in [0.4, 0.5) is 0 Å². The van der Waals surface area contributed by atoms with Crippen LogP contribution < -0.4 is 5.32 Å². The maximum absolute atomic E-state index is 11.8. The van der Waals surface area contributed by atoms with Gasteiger partial charge in [-0.25, -0.2) is 0 Å². The molecule has 1 saturated heterocycles. The molecule has 8 nitrogen and oxygen atoms in total. The number of pyridine rings is 1. The summed E-state index contributed by atoms with van der Waals surface area (Å²) in [5.41, 5.74) is 3.28. The van der Waals surface area contributed by atoms with E-state index in [0.717, 1.165) is 40.2 Å². The Labute approximate surface area is 173 Å². The lowest BCUT2D eigenvalue weighted by Gasteiger charge is -2.11. The van der Waals surface area contributed by atoms with Crippen LogP contribution in [0.1, 0.15) is 30.5 Å². The minimum Gasteiger partial charge on any atom is -0.301 e. The number of aromatic nitrogens is 1. The molecule has 0 aliphatic carbocycles. The summed E-state index contributed by atoms with van der Waals surface area (Å²) in [5.74, 6) is 0.165. The van der Waals surface area contributed by atoms with Gasteiger partial charge in [-0.1, -0.05) is 19.9 Å². The molecule has 0 atom stereocenters. The van der Waals surface area contributed by atoms with Crippen LogP contribution in [0.2, 0.25) is 0 Å². The Morgan fingerprint density at radius 2 is 2.07 bits per heavy atom. The number of hydrogen-bond acceptors (Lipinski definition) is 7. The van der Waals surface area contributed by atoms with Gasteiger partial charge in [-0.2, -0.15) is 13.7 Å². The van der Waals surface area contributed by atoms with E-state index in [4.69, 9.17) is 9.96 Å². The molecule has 10 heteroatoms. The predicted octanol–water partition coefficient (Wildman–Crippen LogP) is 2.95. The van der Waals surface area contributed by atoms with Gasteiger partial charge in [-0.3, -0.25) is 19.7 Å². The van der Waals surface area contributed by atoms with Crippen LogP contribution in [0, 0.1) is 22.7 Å². The first-order valence-corrected chi connectivity index (χ1v) is 11.2. The third-order valence-electron chi connectivity index (χ3n) is 3.70. The van der Waals surface area contributed by atoms with Crippen LogP contribution in [0.3, 0.4) is 0 Å². The van der Waals surface area contributed by atoms with Crippen molar-refractivity contribution in [2.45, 2.75) is 20.3 Å². The van der Waals surface area contributed by atoms with Gasteiger partial charge in [0.2, 0.25) is 0 Å². The van der Waals surface area contributed by atoms with E-state index in [0.29, 0.717) is 22.6 Å². The van der Waals surface area contributed by atoms with E-state index in [1.54, 1.807) is 12.3 Å². The van der Waals surface area contributed by atoms with Crippen LogP contribution >= 0.6 is 11.8 Å². The smallest absolute Gasteiger partial charge is 0.264 e. The molecule has 29 heavy (non-hydrogen) atoms. The van der Waals surface area contributed by atoms with E-state index in [2.05, 4.69) is 30.2 Å². The minimum absolute atomic E-state index is 0.140. The van der Waals surface area contributed by atoms with E-state index >= 15 is 0 Å². The van der Waals surface area contributed by atoms with Crippen molar-refractivity contribution in [2.75, 3.05) is 6.26 Å². The summed E-state index contributed by atoms with van der Waals surface area (Å²) < 4.78 is 25.9. The summed E-state index contributed by atoms with van der Waals surface area (Å²) in [7, 11) is -3.67. The molecule has 1 amide bonds. The zero-order valence-corrected chi connectivity index (χ0v) is 17.7. The Morgan fingerprint density at radius 1 is 1.41 bits per heavy atom. The number of carbonyl (C=O) groups excluding carboxylic acids is 1. The number of fused-ring (bicyclic) bond motifs is 1. The Kier molecular flexibility index (Phi) is 7.13. The number of rotatable bonds is 3. The maximum atomic E-state index is 11.8. The van der Waals surface area contributed by atoms with Gasteiger partial charge in [-0.15, -0.1) is 0 Å². The van der Waals surface area contributed by atoms with Crippen molar-refractivity contribution in [2.24, 2.45) is 5.92 Å². The molecule has 2 aromatic rings. The molecule has 0 saturated carbocycles. The topological polar surface area (TPSA) is 144 Å². The van der Waals surface area contributed by atoms with Crippen molar-refractivity contribution in [1.29, 1.82) is 10.7 Å². The zero-order chi connectivity index (χ0) is 21.8. The molecule has 1 aliphatic heterocycles. The highest BCUT2D eigenvalue weighted by atomic mass is 32.2. The molecule has 152 valence electrons. The Morgan fingerprint density at radius 3 is 2.59 bits per heavy atom. The summed E-state index contributed by atoms with van der Waals surface area (Å²) in [4.78, 5) is 16.6. The van der Waals surface area contributed by atoms with Crippen molar-refractivity contribution in [3.05, 3.63) is 46.0 Å². The van der Waals surface area contributed by atoms with Crippen molar-refractivity contribution in [3.8, 4) is 6.07 Å². The lowest BCUT2D eigenvalue weighted by molar-refractivity contribution is -0.115. The van der Waals surface area contributed by atoms with Crippen LogP contribution in [-0.4, -0.2) is 35.3 Å². The molecule has 1 aromatic carbocycles. The average Bonchev–Trinajstić information content (AvgIpc) is 2.90. The number of amidine groups is 1. The first kappa shape index (κ1) is 22.5. The van der Waals surface area contributed by atoms with Crippen molar-refractivity contribution >= 4 is 49.9 Å². The summed E-state index contributed by atoms with van der Waals surface area (Å²) in [6, 6.07) is 7.98. The summed E-state index contributed by atoms with van der Waals surface area (Å²) >= 11 is 1.11. The second-order valence-corrected chi connectivity index (χ2v) is 9.28. The van der Waals surface area contributed by atoms with Gasteiger partial charge < -0.3 is 5.32 Å². The van der Waals surface area contributed by atoms with Gasteiger partial charge in [0.15, 0.2) is 5.17 Å². The van der Waals surface area contributed by atoms with Crippen LogP contribution in [-0.2, 0) is 21.3 Å². The monoisotopic (exact) mass is 432 g/mol. The Bertz CT molecular complexity index is 1140. The Balaban J connectivity index is 0.000000537. The molecule has 0 unspecified atom stereocenters. The first-order valence-electron chi connectivity index (χ1n) is 8.51. The molecule has 2 heterocycles. The normalized spacial score (nSPS) is 15.2. The number of carbonyl (C=O) groups is 1. The highest BCUT2D eigenvalue weighted by molar-refractivity contribution is 8.18. The van der Waals surface area contributed by atoms with E-state index in [1.165, 1.54) is 0 Å². The van der Waals surface area contributed by atoms with Gasteiger partial charge >= 0.3 is 0 Å². The molecule has 3 rings (SSSR count). The van der Waals surface area contributed by atoms with Crippen LogP contribution in [0.25, 0.3) is 17.0 Å². The lowest BCUT2D eigenvalue weighted by Crippen LogP contribution is -2.18. The molecular formula is C19H20N4O4S2. The van der Waals surface area contributed by atoms with Crippen LogP contribution in [0.15, 0.2) is 29.3 Å². The average molecular weight is 433 g/mol. The van der Waals surface area contributed by atoms with E-state index in [-0.39, 0.29) is 11.1 Å². The fourth-order valence-corrected chi connectivity index (χ4v) is 3.37.